The van der Waals surface area contributed by atoms with E-state index in [0.29, 0.717) is 35.9 Å². The fraction of sp³-hybridized carbons (Fsp3) is 0.381. The Labute approximate surface area is 173 Å². The minimum Gasteiger partial charge on any atom is -0.389 e. The van der Waals surface area contributed by atoms with Crippen molar-refractivity contribution in [2.45, 2.75) is 31.9 Å². The average Bonchev–Trinajstić information content (AvgIpc) is 3.57. The zero-order chi connectivity index (χ0) is 21.3. The van der Waals surface area contributed by atoms with E-state index in [1.54, 1.807) is 36.2 Å². The second kappa shape index (κ2) is 8.08. The monoisotopic (exact) mass is 406 g/mol. The number of carbonyl (C=O) groups is 2. The van der Waals surface area contributed by atoms with Crippen molar-refractivity contribution in [1.29, 1.82) is 5.26 Å². The number of nitriles is 1. The molecule has 1 aliphatic heterocycles. The van der Waals surface area contributed by atoms with Gasteiger partial charge >= 0.3 is 0 Å². The standard InChI is InChI=1S/C21H22N6O3/c1-12(21(30)27-10-16(28)11-27)25-17-6-14(4-5-15(17)7-22)18-8-24-19(9-23-18)26-20(29)13-2-3-13/h4-6,8-9,12-13,16,25,28H,2-3,10-11H2,1H3,(H,24,26,29)/t12-/m0/s1. The average molecular weight is 406 g/mol. The largest absolute Gasteiger partial charge is 0.389 e. The van der Waals surface area contributed by atoms with E-state index in [0.717, 1.165) is 18.4 Å². The van der Waals surface area contributed by atoms with Crippen LogP contribution in [0.25, 0.3) is 11.3 Å². The summed E-state index contributed by atoms with van der Waals surface area (Å²) in [7, 11) is 0. The summed E-state index contributed by atoms with van der Waals surface area (Å²) in [5.41, 5.74) is 2.23. The molecule has 0 unspecified atom stereocenters. The van der Waals surface area contributed by atoms with E-state index in [9.17, 15) is 20.0 Å². The Balaban J connectivity index is 1.48. The summed E-state index contributed by atoms with van der Waals surface area (Å²) in [6.45, 7) is 2.38. The van der Waals surface area contributed by atoms with Crippen LogP contribution in [0.3, 0.4) is 0 Å². The Morgan fingerprint density at radius 1 is 1.27 bits per heavy atom. The van der Waals surface area contributed by atoms with Gasteiger partial charge < -0.3 is 20.6 Å². The first-order valence-electron chi connectivity index (χ1n) is 9.85. The predicted molar refractivity (Wildman–Crippen MR) is 109 cm³/mol. The quantitative estimate of drug-likeness (QED) is 0.660. The first-order chi connectivity index (χ1) is 14.4. The number of aromatic nitrogens is 2. The molecule has 2 aliphatic rings. The summed E-state index contributed by atoms with van der Waals surface area (Å²) in [5, 5.41) is 24.6. The highest BCUT2D eigenvalue weighted by Gasteiger charge is 2.32. The molecule has 9 nitrogen and oxygen atoms in total. The Morgan fingerprint density at radius 2 is 2.03 bits per heavy atom. The van der Waals surface area contributed by atoms with Crippen molar-refractivity contribution in [3.05, 3.63) is 36.2 Å². The minimum atomic E-state index is -0.550. The van der Waals surface area contributed by atoms with Crippen LogP contribution in [0, 0.1) is 17.2 Å². The maximum Gasteiger partial charge on any atom is 0.244 e. The molecule has 3 N–H and O–H groups in total. The summed E-state index contributed by atoms with van der Waals surface area (Å²) >= 11 is 0. The van der Waals surface area contributed by atoms with Gasteiger partial charge in [0.1, 0.15) is 12.1 Å². The van der Waals surface area contributed by atoms with Crippen LogP contribution in [-0.4, -0.2) is 57.0 Å². The van der Waals surface area contributed by atoms with Crippen LogP contribution in [0.1, 0.15) is 25.3 Å². The lowest BCUT2D eigenvalue weighted by atomic mass is 10.1. The van der Waals surface area contributed by atoms with E-state index < -0.39 is 12.1 Å². The summed E-state index contributed by atoms with van der Waals surface area (Å²) < 4.78 is 0. The topological polar surface area (TPSA) is 131 Å². The molecule has 1 aliphatic carbocycles. The number of hydrogen-bond donors (Lipinski definition) is 3. The van der Waals surface area contributed by atoms with Crippen molar-refractivity contribution >= 4 is 23.3 Å². The molecule has 4 rings (SSSR count). The molecule has 1 saturated heterocycles. The zero-order valence-electron chi connectivity index (χ0n) is 16.5. The summed E-state index contributed by atoms with van der Waals surface area (Å²) in [4.78, 5) is 34.4. The summed E-state index contributed by atoms with van der Waals surface area (Å²) in [6, 6.07) is 6.74. The van der Waals surface area contributed by atoms with Crippen molar-refractivity contribution < 1.29 is 14.7 Å². The molecule has 1 saturated carbocycles. The normalized spacial score (nSPS) is 16.9. The maximum atomic E-state index is 12.4. The number of β-amino-alcohol motifs (C(OH)–C–C–N with tert-alkyl or cyclic N) is 1. The number of hydrogen-bond acceptors (Lipinski definition) is 7. The zero-order valence-corrected chi connectivity index (χ0v) is 16.5. The molecule has 0 spiro atoms. The van der Waals surface area contributed by atoms with Crippen LogP contribution < -0.4 is 10.6 Å². The highest BCUT2D eigenvalue weighted by atomic mass is 16.3. The summed E-state index contributed by atoms with van der Waals surface area (Å²) in [5.74, 6) is 0.321. The molecule has 0 bridgehead atoms. The highest BCUT2D eigenvalue weighted by molar-refractivity contribution is 5.93. The number of amides is 2. The first kappa shape index (κ1) is 19.8. The number of nitrogens with one attached hydrogen (secondary N) is 2. The van der Waals surface area contributed by atoms with Crippen LogP contribution in [0.2, 0.25) is 0 Å². The number of likely N-dealkylation sites (tertiary alicyclic amines) is 1. The fourth-order valence-electron chi connectivity index (χ4n) is 3.24. The fourth-order valence-corrected chi connectivity index (χ4v) is 3.24. The molecule has 1 atom stereocenters. The van der Waals surface area contributed by atoms with Gasteiger partial charge in [0.25, 0.3) is 0 Å². The van der Waals surface area contributed by atoms with Crippen molar-refractivity contribution in [3.63, 3.8) is 0 Å². The predicted octanol–water partition coefficient (Wildman–Crippen LogP) is 1.37. The van der Waals surface area contributed by atoms with Crippen molar-refractivity contribution in [1.82, 2.24) is 14.9 Å². The SMILES string of the molecule is C[C@H](Nc1cc(-c2cnc(NC(=O)C3CC3)cn2)ccc1C#N)C(=O)N1CC(O)C1. The van der Waals surface area contributed by atoms with Gasteiger partial charge in [-0.2, -0.15) is 5.26 Å². The van der Waals surface area contributed by atoms with Crippen molar-refractivity contribution in [2.24, 2.45) is 5.92 Å². The molecule has 0 radical (unpaired) electrons. The number of nitrogens with zero attached hydrogens (tertiary/aromatic N) is 4. The minimum absolute atomic E-state index is 0.0321. The number of carbonyl (C=O) groups excluding carboxylic acids is 2. The van der Waals surface area contributed by atoms with E-state index in [4.69, 9.17) is 0 Å². The second-order valence-electron chi connectivity index (χ2n) is 7.69. The third-order valence-electron chi connectivity index (χ3n) is 5.20. The van der Waals surface area contributed by atoms with Crippen LogP contribution in [0.4, 0.5) is 11.5 Å². The Bertz CT molecular complexity index is 1010. The number of rotatable bonds is 6. The molecule has 2 aromatic rings. The van der Waals surface area contributed by atoms with Crippen molar-refractivity contribution in [3.8, 4) is 17.3 Å². The lowest BCUT2D eigenvalue weighted by molar-refractivity contribution is -0.141. The van der Waals surface area contributed by atoms with Gasteiger partial charge in [-0.1, -0.05) is 6.07 Å². The van der Waals surface area contributed by atoms with E-state index in [1.807, 2.05) is 0 Å². The van der Waals surface area contributed by atoms with E-state index in [1.165, 1.54) is 6.20 Å². The van der Waals surface area contributed by atoms with E-state index in [2.05, 4.69) is 26.7 Å². The van der Waals surface area contributed by atoms with Gasteiger partial charge in [-0.3, -0.25) is 14.6 Å². The Kier molecular flexibility index (Phi) is 5.33. The van der Waals surface area contributed by atoms with Crippen molar-refractivity contribution in [2.75, 3.05) is 23.7 Å². The van der Waals surface area contributed by atoms with Gasteiger partial charge in [0.2, 0.25) is 11.8 Å². The molecule has 1 aromatic heterocycles. The van der Waals surface area contributed by atoms with Crippen LogP contribution in [0.5, 0.6) is 0 Å². The van der Waals surface area contributed by atoms with Gasteiger partial charge in [-0.25, -0.2) is 4.98 Å². The molecule has 2 fully saturated rings. The number of aliphatic hydroxyl groups excluding tert-OH is 1. The lowest BCUT2D eigenvalue weighted by Crippen LogP contribution is -2.57. The van der Waals surface area contributed by atoms with Crippen LogP contribution in [0.15, 0.2) is 30.6 Å². The summed E-state index contributed by atoms with van der Waals surface area (Å²) in [6.07, 6.45) is 4.43. The van der Waals surface area contributed by atoms with Gasteiger partial charge in [0.05, 0.1) is 35.4 Å². The van der Waals surface area contributed by atoms with Gasteiger partial charge in [0, 0.05) is 24.6 Å². The lowest BCUT2D eigenvalue weighted by Gasteiger charge is -2.37. The van der Waals surface area contributed by atoms with E-state index in [-0.39, 0.29) is 17.7 Å². The molecule has 154 valence electrons. The molecular formula is C21H22N6O3. The molecule has 30 heavy (non-hydrogen) atoms. The van der Waals surface area contributed by atoms with Crippen LogP contribution in [-0.2, 0) is 9.59 Å². The molecule has 2 heterocycles. The second-order valence-corrected chi connectivity index (χ2v) is 7.69. The van der Waals surface area contributed by atoms with Gasteiger partial charge in [-0.15, -0.1) is 0 Å². The smallest absolute Gasteiger partial charge is 0.244 e. The first-order valence-corrected chi connectivity index (χ1v) is 9.85. The highest BCUT2D eigenvalue weighted by Crippen LogP contribution is 2.30. The third-order valence-corrected chi connectivity index (χ3v) is 5.20. The molecule has 1 aromatic carbocycles. The van der Waals surface area contributed by atoms with Gasteiger partial charge in [0.15, 0.2) is 5.82 Å². The van der Waals surface area contributed by atoms with Gasteiger partial charge in [-0.05, 0) is 31.9 Å². The molecule has 9 heteroatoms. The molecular weight excluding hydrogens is 384 g/mol. The number of anilines is 2. The third kappa shape index (κ3) is 4.23. The van der Waals surface area contributed by atoms with E-state index >= 15 is 0 Å². The number of aliphatic hydroxyl groups is 1. The number of benzene rings is 1. The Hall–Kier alpha value is -3.51. The Morgan fingerprint density at radius 3 is 2.63 bits per heavy atom. The van der Waals surface area contributed by atoms with Crippen LogP contribution >= 0.6 is 0 Å². The maximum absolute atomic E-state index is 12.4. The molecule has 2 amide bonds.